The van der Waals surface area contributed by atoms with Gasteiger partial charge in [-0.3, -0.25) is 4.90 Å². The first-order valence-electron chi connectivity index (χ1n) is 5.41. The predicted molar refractivity (Wildman–Crippen MR) is 61.9 cm³/mol. The number of β-amino-alcohol motifs (C(OH)–C–C–N with tert-alkyl or cyclic N) is 1. The van der Waals surface area contributed by atoms with Crippen LogP contribution >= 0.6 is 11.6 Å². The van der Waals surface area contributed by atoms with E-state index in [0.717, 1.165) is 12.0 Å². The molecule has 2 nitrogen and oxygen atoms in total. The average molecular weight is 244 g/mol. The molecule has 4 heteroatoms. The van der Waals surface area contributed by atoms with Crippen molar-refractivity contribution in [3.63, 3.8) is 0 Å². The van der Waals surface area contributed by atoms with Gasteiger partial charge in [0.05, 0.1) is 10.6 Å². The van der Waals surface area contributed by atoms with Gasteiger partial charge in [-0.1, -0.05) is 24.6 Å². The van der Waals surface area contributed by atoms with Gasteiger partial charge in [-0.2, -0.15) is 0 Å². The minimum Gasteiger partial charge on any atom is -0.387 e. The average Bonchev–Trinajstić information content (AvgIpc) is 2.21. The van der Waals surface area contributed by atoms with Gasteiger partial charge in [0.2, 0.25) is 0 Å². The predicted octanol–water partition coefficient (Wildman–Crippen LogP) is 2.44. The molecule has 0 aliphatic carbocycles. The van der Waals surface area contributed by atoms with Crippen LogP contribution in [0.15, 0.2) is 18.2 Å². The van der Waals surface area contributed by atoms with Gasteiger partial charge in [0.25, 0.3) is 0 Å². The third-order valence-electron chi connectivity index (χ3n) is 3.08. The fraction of sp³-hybridized carbons (Fsp3) is 0.500. The van der Waals surface area contributed by atoms with Crippen LogP contribution in [0, 0.1) is 5.82 Å². The largest absolute Gasteiger partial charge is 0.387 e. The van der Waals surface area contributed by atoms with Gasteiger partial charge in [0.15, 0.2) is 0 Å². The third-order valence-corrected chi connectivity index (χ3v) is 3.39. The Hall–Kier alpha value is -0.640. The molecule has 1 aromatic rings. The van der Waals surface area contributed by atoms with E-state index in [1.54, 1.807) is 6.07 Å². The summed E-state index contributed by atoms with van der Waals surface area (Å²) in [4.78, 5) is 2.09. The highest BCUT2D eigenvalue weighted by Gasteiger charge is 2.38. The topological polar surface area (TPSA) is 23.5 Å². The number of halogens is 2. The fourth-order valence-corrected chi connectivity index (χ4v) is 2.14. The van der Waals surface area contributed by atoms with Crippen molar-refractivity contribution < 1.29 is 9.50 Å². The first-order valence-corrected chi connectivity index (χ1v) is 5.79. The number of benzene rings is 1. The van der Waals surface area contributed by atoms with Gasteiger partial charge in [0, 0.05) is 19.6 Å². The zero-order chi connectivity index (χ0) is 11.8. The Morgan fingerprint density at radius 1 is 1.50 bits per heavy atom. The second-order valence-corrected chi connectivity index (χ2v) is 4.88. The zero-order valence-electron chi connectivity index (χ0n) is 9.21. The molecular weight excluding hydrogens is 229 g/mol. The molecule has 1 heterocycles. The maximum Gasteiger partial charge on any atom is 0.142 e. The molecule has 0 bridgehead atoms. The zero-order valence-corrected chi connectivity index (χ0v) is 9.97. The Morgan fingerprint density at radius 3 is 2.75 bits per heavy atom. The molecule has 1 aliphatic rings. The maximum absolute atomic E-state index is 13.2. The molecule has 2 rings (SSSR count). The lowest BCUT2D eigenvalue weighted by atomic mass is 9.91. The molecule has 0 radical (unpaired) electrons. The van der Waals surface area contributed by atoms with E-state index < -0.39 is 5.60 Å². The quantitative estimate of drug-likeness (QED) is 0.882. The second-order valence-electron chi connectivity index (χ2n) is 4.47. The highest BCUT2D eigenvalue weighted by Crippen LogP contribution is 2.26. The minimum absolute atomic E-state index is 0.150. The first-order chi connectivity index (χ1) is 7.52. The Morgan fingerprint density at radius 2 is 2.19 bits per heavy atom. The smallest absolute Gasteiger partial charge is 0.142 e. The van der Waals surface area contributed by atoms with Crippen molar-refractivity contribution in [2.75, 3.05) is 13.1 Å². The molecule has 0 unspecified atom stereocenters. The van der Waals surface area contributed by atoms with Crippen LogP contribution < -0.4 is 0 Å². The van der Waals surface area contributed by atoms with Crippen molar-refractivity contribution in [1.82, 2.24) is 4.90 Å². The lowest BCUT2D eigenvalue weighted by molar-refractivity contribution is -0.103. The Balaban J connectivity index is 1.94. The molecule has 16 heavy (non-hydrogen) atoms. The minimum atomic E-state index is -0.537. The molecule has 0 amide bonds. The van der Waals surface area contributed by atoms with Crippen LogP contribution in [0.25, 0.3) is 0 Å². The summed E-state index contributed by atoms with van der Waals surface area (Å²) >= 11 is 5.60. The SMILES string of the molecule is CCC1(O)CN(Cc2ccc(Cl)c(F)c2)C1. The fourth-order valence-electron chi connectivity index (χ4n) is 2.02. The normalized spacial score (nSPS) is 19.5. The summed E-state index contributed by atoms with van der Waals surface area (Å²) in [6.45, 7) is 3.96. The molecule has 1 aromatic carbocycles. The highest BCUT2D eigenvalue weighted by atomic mass is 35.5. The molecule has 0 aromatic heterocycles. The highest BCUT2D eigenvalue weighted by molar-refractivity contribution is 6.30. The van der Waals surface area contributed by atoms with Gasteiger partial charge in [-0.25, -0.2) is 4.39 Å². The number of hydrogen-bond acceptors (Lipinski definition) is 2. The molecular formula is C12H15ClFNO. The van der Waals surface area contributed by atoms with E-state index in [0.29, 0.717) is 19.6 Å². The van der Waals surface area contributed by atoms with Crippen molar-refractivity contribution in [3.8, 4) is 0 Å². The summed E-state index contributed by atoms with van der Waals surface area (Å²) in [5.74, 6) is -0.384. The van der Waals surface area contributed by atoms with Crippen LogP contribution in [0.5, 0.6) is 0 Å². The molecule has 1 fully saturated rings. The van der Waals surface area contributed by atoms with Crippen molar-refractivity contribution in [2.24, 2.45) is 0 Å². The van der Waals surface area contributed by atoms with Crippen molar-refractivity contribution in [2.45, 2.75) is 25.5 Å². The maximum atomic E-state index is 13.2. The van der Waals surface area contributed by atoms with Crippen LogP contribution in [0.3, 0.4) is 0 Å². The molecule has 0 saturated carbocycles. The molecule has 1 N–H and O–H groups in total. The Labute approximate surface area is 99.6 Å². The molecule has 0 atom stereocenters. The van der Waals surface area contributed by atoms with E-state index in [4.69, 9.17) is 11.6 Å². The van der Waals surface area contributed by atoms with Gasteiger partial charge >= 0.3 is 0 Å². The van der Waals surface area contributed by atoms with E-state index in [-0.39, 0.29) is 10.8 Å². The van der Waals surface area contributed by atoms with Crippen molar-refractivity contribution in [3.05, 3.63) is 34.6 Å². The first kappa shape index (κ1) is 11.8. The van der Waals surface area contributed by atoms with Crippen LogP contribution in [0.2, 0.25) is 5.02 Å². The summed E-state index contributed by atoms with van der Waals surface area (Å²) < 4.78 is 13.2. The molecule has 0 spiro atoms. The molecule has 1 aliphatic heterocycles. The van der Waals surface area contributed by atoms with E-state index in [1.807, 2.05) is 13.0 Å². The lowest BCUT2D eigenvalue weighted by Crippen LogP contribution is -2.60. The van der Waals surface area contributed by atoms with Gasteiger partial charge in [0.1, 0.15) is 5.82 Å². The van der Waals surface area contributed by atoms with E-state index in [1.165, 1.54) is 6.07 Å². The van der Waals surface area contributed by atoms with E-state index in [9.17, 15) is 9.50 Å². The van der Waals surface area contributed by atoms with Crippen LogP contribution in [-0.2, 0) is 6.54 Å². The Kier molecular flexibility index (Phi) is 3.19. The Bertz CT molecular complexity index is 391. The summed E-state index contributed by atoms with van der Waals surface area (Å²) in [7, 11) is 0. The van der Waals surface area contributed by atoms with Gasteiger partial charge in [-0.15, -0.1) is 0 Å². The van der Waals surface area contributed by atoms with Gasteiger partial charge < -0.3 is 5.11 Å². The van der Waals surface area contributed by atoms with Crippen molar-refractivity contribution in [1.29, 1.82) is 0 Å². The lowest BCUT2D eigenvalue weighted by Gasteiger charge is -2.46. The van der Waals surface area contributed by atoms with Crippen LogP contribution in [0.4, 0.5) is 4.39 Å². The monoisotopic (exact) mass is 243 g/mol. The number of likely N-dealkylation sites (tertiary alicyclic amines) is 1. The summed E-state index contributed by atoms with van der Waals surface area (Å²) in [5.41, 5.74) is 0.352. The van der Waals surface area contributed by atoms with Crippen LogP contribution in [-0.4, -0.2) is 28.7 Å². The number of rotatable bonds is 3. The van der Waals surface area contributed by atoms with E-state index >= 15 is 0 Å². The summed E-state index contributed by atoms with van der Waals surface area (Å²) in [5, 5.41) is 9.98. The van der Waals surface area contributed by atoms with Crippen molar-refractivity contribution >= 4 is 11.6 Å². The molecule has 88 valence electrons. The van der Waals surface area contributed by atoms with E-state index in [2.05, 4.69) is 4.90 Å². The molecule has 1 saturated heterocycles. The standard InChI is InChI=1S/C12H15ClFNO/c1-2-12(16)7-15(8-12)6-9-3-4-10(13)11(14)5-9/h3-5,16H,2,6-8H2,1H3. The van der Waals surface area contributed by atoms with Crippen LogP contribution in [0.1, 0.15) is 18.9 Å². The summed E-state index contributed by atoms with van der Waals surface area (Å²) in [6.07, 6.45) is 0.762. The second kappa shape index (κ2) is 4.32. The summed E-state index contributed by atoms with van der Waals surface area (Å²) in [6, 6.07) is 4.83. The third kappa shape index (κ3) is 2.37. The van der Waals surface area contributed by atoms with Gasteiger partial charge in [-0.05, 0) is 24.1 Å². The number of hydrogen-bond donors (Lipinski definition) is 1. The number of nitrogens with zero attached hydrogens (tertiary/aromatic N) is 1. The number of aliphatic hydroxyl groups is 1.